The molecule has 0 aromatic carbocycles. The zero-order valence-corrected chi connectivity index (χ0v) is 12.9. The molecular weight excluding hydrogens is 314 g/mol. The van der Waals surface area contributed by atoms with Gasteiger partial charge in [-0.3, -0.25) is 4.79 Å². The van der Waals surface area contributed by atoms with Crippen LogP contribution in [0.1, 0.15) is 39.0 Å². The lowest BCUT2D eigenvalue weighted by atomic mass is 9.78. The minimum atomic E-state index is -4.33. The molecule has 0 radical (unpaired) electrons. The summed E-state index contributed by atoms with van der Waals surface area (Å²) in [5.74, 6) is -2.99. The van der Waals surface area contributed by atoms with Crippen LogP contribution < -0.4 is 5.32 Å². The summed E-state index contributed by atoms with van der Waals surface area (Å²) in [5, 5.41) is 2.65. The second-order valence-electron chi connectivity index (χ2n) is 5.43. The van der Waals surface area contributed by atoms with Crippen molar-refractivity contribution in [3.05, 3.63) is 0 Å². The lowest BCUT2D eigenvalue weighted by molar-refractivity contribution is -0.198. The number of carbonyl (C=O) groups is 1. The molecule has 0 bridgehead atoms. The molecule has 0 aliphatic heterocycles. The number of amides is 1. The van der Waals surface area contributed by atoms with Crippen molar-refractivity contribution in [2.75, 3.05) is 11.8 Å². The van der Waals surface area contributed by atoms with Crippen molar-refractivity contribution >= 4 is 29.1 Å². The average molecular weight is 334 g/mol. The third-order valence-electron chi connectivity index (χ3n) is 4.10. The molecule has 0 aromatic rings. The van der Waals surface area contributed by atoms with Crippen molar-refractivity contribution in [1.29, 1.82) is 0 Å². The van der Waals surface area contributed by atoms with Gasteiger partial charge < -0.3 is 5.32 Å². The Bertz CT molecular complexity index is 324. The monoisotopic (exact) mass is 333 g/mol. The van der Waals surface area contributed by atoms with Gasteiger partial charge in [-0.1, -0.05) is 19.8 Å². The van der Waals surface area contributed by atoms with Gasteiger partial charge in [-0.15, -0.1) is 23.2 Å². The van der Waals surface area contributed by atoms with Crippen LogP contribution in [0.3, 0.4) is 0 Å². The van der Waals surface area contributed by atoms with E-state index in [1.807, 2.05) is 0 Å². The third kappa shape index (κ3) is 4.17. The standard InChI is InChI=1S/C13H20Cl2F3NO/c1-2-12(7-14,8-15)19-11(20)9-5-3-4-6-10(9)13(16,17)18/h9-10H,2-8H2,1H3,(H,19,20). The van der Waals surface area contributed by atoms with Crippen molar-refractivity contribution in [1.82, 2.24) is 5.32 Å². The van der Waals surface area contributed by atoms with Crippen molar-refractivity contribution in [3.63, 3.8) is 0 Å². The Balaban J connectivity index is 2.83. The van der Waals surface area contributed by atoms with Gasteiger partial charge in [-0.2, -0.15) is 13.2 Å². The molecule has 1 N–H and O–H groups in total. The second-order valence-corrected chi connectivity index (χ2v) is 5.96. The summed E-state index contributed by atoms with van der Waals surface area (Å²) in [7, 11) is 0. The molecular formula is C13H20Cl2F3NO. The molecule has 1 aliphatic carbocycles. The molecule has 1 amide bonds. The van der Waals surface area contributed by atoms with Gasteiger partial charge in [-0.25, -0.2) is 0 Å². The van der Waals surface area contributed by atoms with Crippen molar-refractivity contribution < 1.29 is 18.0 Å². The highest BCUT2D eigenvalue weighted by Crippen LogP contribution is 2.41. The van der Waals surface area contributed by atoms with Crippen LogP contribution in [0.5, 0.6) is 0 Å². The van der Waals surface area contributed by atoms with Gasteiger partial charge >= 0.3 is 6.18 Å². The molecule has 1 saturated carbocycles. The number of halogens is 5. The molecule has 0 aromatic heterocycles. The van der Waals surface area contributed by atoms with Crippen molar-refractivity contribution in [2.45, 2.75) is 50.7 Å². The van der Waals surface area contributed by atoms with E-state index in [0.29, 0.717) is 19.3 Å². The Hall–Kier alpha value is -0.160. The highest BCUT2D eigenvalue weighted by molar-refractivity contribution is 6.22. The van der Waals surface area contributed by atoms with E-state index in [0.717, 1.165) is 0 Å². The van der Waals surface area contributed by atoms with Crippen LogP contribution in [0.2, 0.25) is 0 Å². The van der Waals surface area contributed by atoms with Crippen LogP contribution in [0.15, 0.2) is 0 Å². The molecule has 1 fully saturated rings. The predicted octanol–water partition coefficient (Wildman–Crippen LogP) is 4.10. The van der Waals surface area contributed by atoms with Gasteiger partial charge in [0, 0.05) is 17.7 Å². The minimum Gasteiger partial charge on any atom is -0.348 e. The molecule has 2 atom stereocenters. The fourth-order valence-electron chi connectivity index (χ4n) is 2.57. The molecule has 2 unspecified atom stereocenters. The topological polar surface area (TPSA) is 29.1 Å². The van der Waals surface area contributed by atoms with E-state index in [1.54, 1.807) is 6.92 Å². The molecule has 0 heterocycles. The summed E-state index contributed by atoms with van der Waals surface area (Å²) >= 11 is 11.6. The van der Waals surface area contributed by atoms with Gasteiger partial charge in [0.1, 0.15) is 0 Å². The molecule has 0 spiro atoms. The smallest absolute Gasteiger partial charge is 0.348 e. The lowest BCUT2D eigenvalue weighted by Gasteiger charge is -2.36. The Kier molecular flexibility index (Phi) is 6.45. The van der Waals surface area contributed by atoms with Crippen LogP contribution in [-0.4, -0.2) is 29.4 Å². The summed E-state index contributed by atoms with van der Waals surface area (Å²) < 4.78 is 39.0. The number of carbonyl (C=O) groups excluding carboxylic acids is 1. The Morgan fingerprint density at radius 3 is 2.20 bits per heavy atom. The second kappa shape index (κ2) is 7.21. The van der Waals surface area contributed by atoms with E-state index in [-0.39, 0.29) is 24.6 Å². The molecule has 2 nitrogen and oxygen atoms in total. The summed E-state index contributed by atoms with van der Waals surface area (Å²) in [5.41, 5.74) is -0.826. The summed E-state index contributed by atoms with van der Waals surface area (Å²) in [4.78, 5) is 12.2. The average Bonchev–Trinajstić information content (AvgIpc) is 2.44. The van der Waals surface area contributed by atoms with Gasteiger partial charge in [0.2, 0.25) is 5.91 Å². The number of hydrogen-bond acceptors (Lipinski definition) is 1. The van der Waals surface area contributed by atoms with Crippen molar-refractivity contribution in [3.8, 4) is 0 Å². The molecule has 118 valence electrons. The first-order chi connectivity index (χ1) is 9.29. The maximum absolute atomic E-state index is 13.0. The van der Waals surface area contributed by atoms with E-state index in [4.69, 9.17) is 23.2 Å². The summed E-state index contributed by atoms with van der Waals surface area (Å²) in [6, 6.07) is 0. The van der Waals surface area contributed by atoms with Crippen molar-refractivity contribution in [2.24, 2.45) is 11.8 Å². The Labute approximate surface area is 127 Å². The first kappa shape index (κ1) is 17.9. The number of alkyl halides is 5. The normalized spacial score (nSPS) is 24.5. The predicted molar refractivity (Wildman–Crippen MR) is 74.1 cm³/mol. The SMILES string of the molecule is CCC(CCl)(CCl)NC(=O)C1CCCCC1C(F)(F)F. The third-order valence-corrected chi connectivity index (χ3v) is 5.12. The van der Waals surface area contributed by atoms with Crippen LogP contribution in [-0.2, 0) is 4.79 Å². The van der Waals surface area contributed by atoms with Gasteiger partial charge in [0.05, 0.1) is 11.5 Å². The summed E-state index contributed by atoms with van der Waals surface area (Å²) in [6.45, 7) is 1.80. The number of nitrogens with one attached hydrogen (secondary N) is 1. The lowest BCUT2D eigenvalue weighted by Crippen LogP contribution is -2.55. The molecule has 7 heteroatoms. The largest absolute Gasteiger partial charge is 0.392 e. The van der Waals surface area contributed by atoms with E-state index in [1.165, 1.54) is 0 Å². The highest BCUT2D eigenvalue weighted by atomic mass is 35.5. The fraction of sp³-hybridized carbons (Fsp3) is 0.923. The minimum absolute atomic E-state index is 0.0163. The maximum Gasteiger partial charge on any atom is 0.392 e. The van der Waals surface area contributed by atoms with E-state index in [2.05, 4.69) is 5.32 Å². The zero-order valence-electron chi connectivity index (χ0n) is 11.4. The number of rotatable bonds is 5. The molecule has 1 rings (SSSR count). The first-order valence-corrected chi connectivity index (χ1v) is 7.87. The number of hydrogen-bond donors (Lipinski definition) is 1. The molecule has 20 heavy (non-hydrogen) atoms. The first-order valence-electron chi connectivity index (χ1n) is 6.80. The fourth-order valence-corrected chi connectivity index (χ4v) is 3.37. The molecule has 1 aliphatic rings. The maximum atomic E-state index is 13.0. The Morgan fingerprint density at radius 1 is 1.20 bits per heavy atom. The van der Waals surface area contributed by atoms with Gasteiger partial charge in [0.25, 0.3) is 0 Å². The summed E-state index contributed by atoms with van der Waals surface area (Å²) in [6.07, 6.45) is -2.42. The van der Waals surface area contributed by atoms with E-state index in [9.17, 15) is 18.0 Å². The Morgan fingerprint density at radius 2 is 1.75 bits per heavy atom. The van der Waals surface area contributed by atoms with E-state index < -0.39 is 29.5 Å². The van der Waals surface area contributed by atoms with Crippen LogP contribution in [0.25, 0.3) is 0 Å². The molecule has 0 saturated heterocycles. The van der Waals surface area contributed by atoms with Gasteiger partial charge in [0.15, 0.2) is 0 Å². The van der Waals surface area contributed by atoms with Crippen LogP contribution in [0, 0.1) is 11.8 Å². The van der Waals surface area contributed by atoms with E-state index >= 15 is 0 Å². The zero-order chi connectivity index (χ0) is 15.4. The van der Waals surface area contributed by atoms with Crippen LogP contribution in [0.4, 0.5) is 13.2 Å². The van der Waals surface area contributed by atoms with Crippen LogP contribution >= 0.6 is 23.2 Å². The quantitative estimate of drug-likeness (QED) is 0.754. The van der Waals surface area contributed by atoms with Gasteiger partial charge in [-0.05, 0) is 19.3 Å². The highest BCUT2D eigenvalue weighted by Gasteiger charge is 2.48.